The fourth-order valence-electron chi connectivity index (χ4n) is 1.73. The van der Waals surface area contributed by atoms with Gasteiger partial charge < -0.3 is 5.11 Å². The summed E-state index contributed by atoms with van der Waals surface area (Å²) in [6.45, 7) is 1.79. The summed E-state index contributed by atoms with van der Waals surface area (Å²) in [4.78, 5) is 10.6. The van der Waals surface area contributed by atoms with Crippen LogP contribution in [0.4, 0.5) is 0 Å². The van der Waals surface area contributed by atoms with Gasteiger partial charge in [-0.25, -0.2) is 0 Å². The minimum Gasteiger partial charge on any atom is -0.481 e. The Balaban J connectivity index is 3.07. The molecule has 0 saturated carbocycles. The second-order valence-corrected chi connectivity index (χ2v) is 5.34. The topological polar surface area (TPSA) is 37.3 Å². The molecule has 0 spiro atoms. The Labute approximate surface area is 108 Å². The van der Waals surface area contributed by atoms with E-state index in [1.54, 1.807) is 6.92 Å². The summed E-state index contributed by atoms with van der Waals surface area (Å²) in [5.41, 5.74) is 0. The summed E-state index contributed by atoms with van der Waals surface area (Å²) in [6, 6.07) is 0. The molecule has 0 aliphatic rings. The van der Waals surface area contributed by atoms with E-state index in [4.69, 9.17) is 5.11 Å². The normalized spacial score (nSPS) is 12.6. The van der Waals surface area contributed by atoms with E-state index >= 15 is 0 Å². The molecule has 1 N–H and O–H groups in total. The maximum absolute atomic E-state index is 10.6. The zero-order valence-corrected chi connectivity index (χ0v) is 12.0. The van der Waals surface area contributed by atoms with Gasteiger partial charge in [0.15, 0.2) is 0 Å². The van der Waals surface area contributed by atoms with Gasteiger partial charge in [0.2, 0.25) is 0 Å². The highest BCUT2D eigenvalue weighted by Crippen LogP contribution is 2.13. The summed E-state index contributed by atoms with van der Waals surface area (Å²) in [6.07, 6.45) is 11.0. The van der Waals surface area contributed by atoms with Crippen molar-refractivity contribution >= 4 is 21.9 Å². The number of alkyl halides is 1. The highest BCUT2D eigenvalue weighted by atomic mass is 79.9. The van der Waals surface area contributed by atoms with Crippen molar-refractivity contribution in [1.82, 2.24) is 0 Å². The molecule has 0 saturated heterocycles. The van der Waals surface area contributed by atoms with Gasteiger partial charge in [0, 0.05) is 5.33 Å². The lowest BCUT2D eigenvalue weighted by Gasteiger charge is -2.05. The largest absolute Gasteiger partial charge is 0.481 e. The first-order chi connectivity index (χ1) is 7.68. The molecule has 0 amide bonds. The van der Waals surface area contributed by atoms with Crippen LogP contribution in [0.1, 0.15) is 64.7 Å². The molecule has 16 heavy (non-hydrogen) atoms. The Bertz CT molecular complexity index is 171. The molecule has 0 aliphatic carbocycles. The number of aliphatic carboxylic acids is 1. The van der Waals surface area contributed by atoms with Crippen LogP contribution in [0.25, 0.3) is 0 Å². The number of carboxylic acid groups (broad SMARTS) is 1. The molecule has 0 aromatic carbocycles. The highest BCUT2D eigenvalue weighted by Gasteiger charge is 2.09. The highest BCUT2D eigenvalue weighted by molar-refractivity contribution is 9.09. The monoisotopic (exact) mass is 292 g/mol. The predicted molar refractivity (Wildman–Crippen MR) is 72.1 cm³/mol. The van der Waals surface area contributed by atoms with E-state index in [0.717, 1.165) is 18.2 Å². The van der Waals surface area contributed by atoms with Crippen molar-refractivity contribution in [1.29, 1.82) is 0 Å². The number of hydrogen-bond acceptors (Lipinski definition) is 1. The molecule has 1 atom stereocenters. The van der Waals surface area contributed by atoms with E-state index in [0.29, 0.717) is 0 Å². The molecule has 2 nitrogen and oxygen atoms in total. The van der Waals surface area contributed by atoms with E-state index in [-0.39, 0.29) is 5.92 Å². The second-order valence-electron chi connectivity index (χ2n) is 4.55. The SMILES string of the molecule is CC(CCCCCCCCCCBr)C(=O)O. The van der Waals surface area contributed by atoms with Crippen LogP contribution in [0.15, 0.2) is 0 Å². The molecule has 0 rings (SSSR count). The summed E-state index contributed by atoms with van der Waals surface area (Å²) in [5, 5.41) is 9.83. The Hall–Kier alpha value is -0.0500. The number of unbranched alkanes of at least 4 members (excludes halogenated alkanes) is 7. The predicted octanol–water partition coefficient (Wildman–Crippen LogP) is 4.61. The molecule has 0 radical (unpaired) electrons. The summed E-state index contributed by atoms with van der Waals surface area (Å²) >= 11 is 3.43. The van der Waals surface area contributed by atoms with E-state index in [1.807, 2.05) is 0 Å². The average Bonchev–Trinajstić information content (AvgIpc) is 2.26. The van der Waals surface area contributed by atoms with Gasteiger partial charge in [0.1, 0.15) is 0 Å². The van der Waals surface area contributed by atoms with Crippen molar-refractivity contribution < 1.29 is 9.90 Å². The van der Waals surface area contributed by atoms with Gasteiger partial charge in [-0.2, -0.15) is 0 Å². The number of carbonyl (C=O) groups is 1. The van der Waals surface area contributed by atoms with Crippen LogP contribution in [0.3, 0.4) is 0 Å². The maximum atomic E-state index is 10.6. The quantitative estimate of drug-likeness (QED) is 0.446. The molecule has 0 heterocycles. The van der Waals surface area contributed by atoms with Gasteiger partial charge in [0.25, 0.3) is 0 Å². The Morgan fingerprint density at radius 3 is 1.88 bits per heavy atom. The first-order valence-electron chi connectivity index (χ1n) is 6.47. The maximum Gasteiger partial charge on any atom is 0.306 e. The summed E-state index contributed by atoms with van der Waals surface area (Å²) < 4.78 is 0. The molecular formula is C13H25BrO2. The number of carboxylic acids is 1. The fourth-order valence-corrected chi connectivity index (χ4v) is 2.13. The van der Waals surface area contributed by atoms with Crippen molar-refractivity contribution in [2.45, 2.75) is 64.7 Å². The molecule has 0 aromatic heterocycles. The Morgan fingerprint density at radius 2 is 1.44 bits per heavy atom. The summed E-state index contributed by atoms with van der Waals surface area (Å²) in [7, 11) is 0. The number of halogens is 1. The smallest absolute Gasteiger partial charge is 0.306 e. The molecule has 3 heteroatoms. The molecule has 0 fully saturated rings. The standard InChI is InChI=1S/C13H25BrO2/c1-12(13(15)16)10-8-6-4-2-3-5-7-9-11-14/h12H,2-11H2,1H3,(H,15,16). The average molecular weight is 293 g/mol. The first-order valence-corrected chi connectivity index (χ1v) is 7.59. The van der Waals surface area contributed by atoms with E-state index < -0.39 is 5.97 Å². The lowest BCUT2D eigenvalue weighted by atomic mass is 10.0. The van der Waals surface area contributed by atoms with Crippen LogP contribution in [0.2, 0.25) is 0 Å². The molecule has 0 aliphatic heterocycles. The molecule has 0 bridgehead atoms. The van der Waals surface area contributed by atoms with E-state index in [2.05, 4.69) is 15.9 Å². The third-order valence-corrected chi connectivity index (χ3v) is 3.50. The number of rotatable bonds is 11. The minimum atomic E-state index is -0.658. The van der Waals surface area contributed by atoms with Crippen LogP contribution in [0, 0.1) is 5.92 Å². The van der Waals surface area contributed by atoms with Gasteiger partial charge in [-0.05, 0) is 12.8 Å². The zero-order chi connectivity index (χ0) is 12.2. The third-order valence-electron chi connectivity index (χ3n) is 2.94. The van der Waals surface area contributed by atoms with Crippen LogP contribution in [-0.2, 0) is 4.79 Å². The fraction of sp³-hybridized carbons (Fsp3) is 0.923. The lowest BCUT2D eigenvalue weighted by molar-refractivity contribution is -0.141. The van der Waals surface area contributed by atoms with E-state index in [1.165, 1.54) is 44.9 Å². The van der Waals surface area contributed by atoms with Crippen LogP contribution < -0.4 is 0 Å². The van der Waals surface area contributed by atoms with Crippen molar-refractivity contribution in [3.8, 4) is 0 Å². The first kappa shape index (κ1) is 16.0. The molecule has 96 valence electrons. The Morgan fingerprint density at radius 1 is 1.00 bits per heavy atom. The minimum absolute atomic E-state index is 0.168. The van der Waals surface area contributed by atoms with Crippen molar-refractivity contribution in [2.24, 2.45) is 5.92 Å². The zero-order valence-electron chi connectivity index (χ0n) is 10.4. The van der Waals surface area contributed by atoms with Crippen molar-refractivity contribution in [2.75, 3.05) is 5.33 Å². The van der Waals surface area contributed by atoms with Crippen molar-refractivity contribution in [3.05, 3.63) is 0 Å². The van der Waals surface area contributed by atoms with Crippen LogP contribution in [-0.4, -0.2) is 16.4 Å². The molecule has 0 aromatic rings. The lowest BCUT2D eigenvalue weighted by Crippen LogP contribution is -2.08. The number of hydrogen-bond donors (Lipinski definition) is 1. The third kappa shape index (κ3) is 10.5. The molecule has 1 unspecified atom stereocenters. The summed E-state index contributed by atoms with van der Waals surface area (Å²) in [5.74, 6) is -0.825. The van der Waals surface area contributed by atoms with E-state index in [9.17, 15) is 4.79 Å². The second kappa shape index (κ2) is 11.4. The van der Waals surface area contributed by atoms with Gasteiger partial charge in [-0.3, -0.25) is 4.79 Å². The van der Waals surface area contributed by atoms with Gasteiger partial charge in [-0.15, -0.1) is 0 Å². The van der Waals surface area contributed by atoms with Gasteiger partial charge in [0.05, 0.1) is 5.92 Å². The van der Waals surface area contributed by atoms with Gasteiger partial charge in [-0.1, -0.05) is 67.8 Å². The molecular weight excluding hydrogens is 268 g/mol. The van der Waals surface area contributed by atoms with Gasteiger partial charge >= 0.3 is 5.97 Å². The Kier molecular flexibility index (Phi) is 11.4. The van der Waals surface area contributed by atoms with Crippen LogP contribution in [0.5, 0.6) is 0 Å². The van der Waals surface area contributed by atoms with Crippen molar-refractivity contribution in [3.63, 3.8) is 0 Å². The van der Waals surface area contributed by atoms with Crippen LogP contribution >= 0.6 is 15.9 Å².